The molecule has 0 saturated carbocycles. The number of hydrogen-bond donors (Lipinski definition) is 1. The molecule has 1 fully saturated rings. The third-order valence-corrected chi connectivity index (χ3v) is 5.98. The second-order valence-electron chi connectivity index (χ2n) is 6.91. The molecule has 1 N–H and O–H groups in total. The van der Waals surface area contributed by atoms with Gasteiger partial charge in [0.25, 0.3) is 5.91 Å². The van der Waals surface area contributed by atoms with Crippen molar-refractivity contribution in [3.05, 3.63) is 41.5 Å². The lowest BCUT2D eigenvalue weighted by atomic mass is 9.98. The molecule has 146 valence electrons. The van der Waals surface area contributed by atoms with Crippen LogP contribution < -0.4 is 5.32 Å². The standard InChI is InChI=1S/C20H23N5O2S/c1-2-21-18(26)12-14-6-3-4-10-24(14)20(27)15-13-23-25-16(8-9-22-19(15)25)17-7-5-11-28-17/h5,7-9,11,13-14H,2-4,6,10,12H2,1H3,(H,21,26). The first-order valence-corrected chi connectivity index (χ1v) is 10.5. The number of aromatic nitrogens is 3. The molecule has 0 aliphatic carbocycles. The Kier molecular flexibility index (Phi) is 5.38. The molecular formula is C20H23N5O2S. The average molecular weight is 398 g/mol. The summed E-state index contributed by atoms with van der Waals surface area (Å²) < 4.78 is 1.72. The molecule has 1 aliphatic rings. The Balaban J connectivity index is 1.64. The highest BCUT2D eigenvalue weighted by molar-refractivity contribution is 7.13. The van der Waals surface area contributed by atoms with E-state index in [9.17, 15) is 9.59 Å². The van der Waals surface area contributed by atoms with Crippen molar-refractivity contribution in [1.82, 2.24) is 24.8 Å². The maximum absolute atomic E-state index is 13.3. The van der Waals surface area contributed by atoms with E-state index < -0.39 is 0 Å². The predicted molar refractivity (Wildman–Crippen MR) is 108 cm³/mol. The molecule has 4 heterocycles. The first-order chi connectivity index (χ1) is 13.7. The van der Waals surface area contributed by atoms with Gasteiger partial charge in [-0.3, -0.25) is 9.59 Å². The highest BCUT2D eigenvalue weighted by Crippen LogP contribution is 2.27. The van der Waals surface area contributed by atoms with Gasteiger partial charge in [-0.2, -0.15) is 5.10 Å². The summed E-state index contributed by atoms with van der Waals surface area (Å²) in [7, 11) is 0. The number of piperidine rings is 1. The lowest BCUT2D eigenvalue weighted by Gasteiger charge is -2.35. The van der Waals surface area contributed by atoms with Crippen LogP contribution in [0.1, 0.15) is 43.0 Å². The maximum atomic E-state index is 13.3. The molecule has 1 aliphatic heterocycles. The summed E-state index contributed by atoms with van der Waals surface area (Å²) in [6.07, 6.45) is 6.47. The van der Waals surface area contributed by atoms with Gasteiger partial charge in [-0.1, -0.05) is 6.07 Å². The van der Waals surface area contributed by atoms with Crippen molar-refractivity contribution in [3.8, 4) is 10.6 Å². The average Bonchev–Trinajstić information content (AvgIpc) is 3.38. The van der Waals surface area contributed by atoms with Gasteiger partial charge in [-0.15, -0.1) is 11.3 Å². The Labute approximate surface area is 167 Å². The Morgan fingerprint density at radius 2 is 2.21 bits per heavy atom. The van der Waals surface area contributed by atoms with E-state index in [0.29, 0.717) is 30.7 Å². The van der Waals surface area contributed by atoms with Gasteiger partial charge in [0.1, 0.15) is 5.56 Å². The van der Waals surface area contributed by atoms with Crippen LogP contribution in [0.25, 0.3) is 16.2 Å². The molecule has 0 bridgehead atoms. The number of carbonyl (C=O) groups excluding carboxylic acids is 2. The van der Waals surface area contributed by atoms with Crippen LogP contribution in [0.4, 0.5) is 0 Å². The first kappa shape index (κ1) is 18.6. The SMILES string of the molecule is CCNC(=O)CC1CCCCN1C(=O)c1cnn2c(-c3cccs3)ccnc12. The van der Waals surface area contributed by atoms with Crippen molar-refractivity contribution >= 4 is 28.8 Å². The summed E-state index contributed by atoms with van der Waals surface area (Å²) in [5.41, 5.74) is 1.95. The third kappa shape index (κ3) is 3.52. The van der Waals surface area contributed by atoms with E-state index in [1.54, 1.807) is 28.2 Å². The molecular weight excluding hydrogens is 374 g/mol. The number of thiophene rings is 1. The number of amides is 2. The quantitative estimate of drug-likeness (QED) is 0.718. The monoisotopic (exact) mass is 397 g/mol. The van der Waals surface area contributed by atoms with Crippen molar-refractivity contribution < 1.29 is 9.59 Å². The number of fused-ring (bicyclic) bond motifs is 1. The molecule has 3 aromatic rings. The van der Waals surface area contributed by atoms with Gasteiger partial charge >= 0.3 is 0 Å². The summed E-state index contributed by atoms with van der Waals surface area (Å²) in [5, 5.41) is 9.29. The van der Waals surface area contributed by atoms with Crippen molar-refractivity contribution in [2.45, 2.75) is 38.6 Å². The Morgan fingerprint density at radius 1 is 1.32 bits per heavy atom. The number of rotatable bonds is 5. The van der Waals surface area contributed by atoms with E-state index in [-0.39, 0.29) is 17.9 Å². The number of nitrogens with one attached hydrogen (secondary N) is 1. The van der Waals surface area contributed by atoms with Crippen LogP contribution in [0.3, 0.4) is 0 Å². The highest BCUT2D eigenvalue weighted by Gasteiger charge is 2.31. The van der Waals surface area contributed by atoms with Gasteiger partial charge in [-0.25, -0.2) is 9.50 Å². The van der Waals surface area contributed by atoms with E-state index in [1.807, 2.05) is 35.4 Å². The summed E-state index contributed by atoms with van der Waals surface area (Å²) in [4.78, 5) is 32.7. The van der Waals surface area contributed by atoms with Crippen molar-refractivity contribution in [1.29, 1.82) is 0 Å². The molecule has 2 amide bonds. The minimum Gasteiger partial charge on any atom is -0.356 e. The normalized spacial score (nSPS) is 17.0. The van der Waals surface area contributed by atoms with Crippen LogP contribution in [0.5, 0.6) is 0 Å². The largest absolute Gasteiger partial charge is 0.356 e. The molecule has 1 saturated heterocycles. The highest BCUT2D eigenvalue weighted by atomic mass is 32.1. The summed E-state index contributed by atoms with van der Waals surface area (Å²) in [6.45, 7) is 3.16. The zero-order valence-electron chi connectivity index (χ0n) is 15.8. The maximum Gasteiger partial charge on any atom is 0.259 e. The molecule has 0 spiro atoms. The molecule has 0 radical (unpaired) electrons. The summed E-state index contributed by atoms with van der Waals surface area (Å²) in [6, 6.07) is 5.83. The van der Waals surface area contributed by atoms with E-state index in [2.05, 4.69) is 15.4 Å². The fourth-order valence-electron chi connectivity index (χ4n) is 3.77. The van der Waals surface area contributed by atoms with Gasteiger partial charge in [0.2, 0.25) is 5.91 Å². The van der Waals surface area contributed by atoms with E-state index in [4.69, 9.17) is 0 Å². The van der Waals surface area contributed by atoms with Gasteiger partial charge in [0.05, 0.1) is 16.8 Å². The van der Waals surface area contributed by atoms with Crippen molar-refractivity contribution in [2.24, 2.45) is 0 Å². The van der Waals surface area contributed by atoms with Gasteiger partial charge in [0, 0.05) is 31.7 Å². The minimum atomic E-state index is -0.0974. The fraction of sp³-hybridized carbons (Fsp3) is 0.400. The number of nitrogens with zero attached hydrogens (tertiary/aromatic N) is 4. The van der Waals surface area contributed by atoms with Crippen LogP contribution in [0.15, 0.2) is 36.0 Å². The topological polar surface area (TPSA) is 79.6 Å². The van der Waals surface area contributed by atoms with Crippen LogP contribution in [-0.2, 0) is 4.79 Å². The first-order valence-electron chi connectivity index (χ1n) is 9.63. The number of likely N-dealkylation sites (tertiary alicyclic amines) is 1. The van der Waals surface area contributed by atoms with E-state index >= 15 is 0 Å². The second-order valence-corrected chi connectivity index (χ2v) is 7.85. The minimum absolute atomic E-state index is 0.00910. The molecule has 1 atom stereocenters. The Morgan fingerprint density at radius 3 is 3.00 bits per heavy atom. The van der Waals surface area contributed by atoms with Crippen LogP contribution >= 0.6 is 11.3 Å². The van der Waals surface area contributed by atoms with Crippen LogP contribution in [0.2, 0.25) is 0 Å². The summed E-state index contributed by atoms with van der Waals surface area (Å²) >= 11 is 1.62. The molecule has 7 nitrogen and oxygen atoms in total. The van der Waals surface area contributed by atoms with E-state index in [0.717, 1.165) is 29.8 Å². The molecule has 4 rings (SSSR count). The van der Waals surface area contributed by atoms with Crippen LogP contribution in [-0.4, -0.2) is 50.4 Å². The van der Waals surface area contributed by atoms with Crippen molar-refractivity contribution in [2.75, 3.05) is 13.1 Å². The van der Waals surface area contributed by atoms with Crippen LogP contribution in [0, 0.1) is 0 Å². The lowest BCUT2D eigenvalue weighted by molar-refractivity contribution is -0.122. The zero-order valence-corrected chi connectivity index (χ0v) is 16.6. The number of carbonyl (C=O) groups is 2. The fourth-order valence-corrected chi connectivity index (χ4v) is 4.51. The molecule has 3 aromatic heterocycles. The lowest BCUT2D eigenvalue weighted by Crippen LogP contribution is -2.46. The zero-order chi connectivity index (χ0) is 19.5. The Hall–Kier alpha value is -2.74. The molecule has 28 heavy (non-hydrogen) atoms. The molecule has 8 heteroatoms. The van der Waals surface area contributed by atoms with Gasteiger partial charge in [-0.05, 0) is 43.7 Å². The van der Waals surface area contributed by atoms with Gasteiger partial charge in [0.15, 0.2) is 5.65 Å². The molecule has 1 unspecified atom stereocenters. The predicted octanol–water partition coefficient (Wildman–Crippen LogP) is 2.98. The molecule has 0 aromatic carbocycles. The number of hydrogen-bond acceptors (Lipinski definition) is 5. The second kappa shape index (κ2) is 8.10. The van der Waals surface area contributed by atoms with Crippen molar-refractivity contribution in [3.63, 3.8) is 0 Å². The Bertz CT molecular complexity index is 982. The summed E-state index contributed by atoms with van der Waals surface area (Å²) in [5.74, 6) is -0.106. The van der Waals surface area contributed by atoms with Gasteiger partial charge < -0.3 is 10.2 Å². The third-order valence-electron chi connectivity index (χ3n) is 5.09. The smallest absolute Gasteiger partial charge is 0.259 e. The van der Waals surface area contributed by atoms with E-state index in [1.165, 1.54) is 0 Å².